The standard InChI is InChI=1S/C18H20N6OS2/c1-11-17(27-12(2)21-11)15-10-26-18(22-15)23-16(25)9-24(20)8-14(19)13-6-4-3-5-7-13/h3-8,10H,9,19-20H2,1-2H3,(H,22,23,25)/b14-8-. The van der Waals surface area contributed by atoms with Gasteiger partial charge in [-0.15, -0.1) is 22.7 Å². The summed E-state index contributed by atoms with van der Waals surface area (Å²) in [6.45, 7) is 3.87. The van der Waals surface area contributed by atoms with Gasteiger partial charge in [-0.1, -0.05) is 30.3 Å². The van der Waals surface area contributed by atoms with Gasteiger partial charge in [0.15, 0.2) is 5.13 Å². The van der Waals surface area contributed by atoms with Gasteiger partial charge in [0.2, 0.25) is 5.91 Å². The smallest absolute Gasteiger partial charge is 0.247 e. The van der Waals surface area contributed by atoms with Crippen molar-refractivity contribution in [3.05, 3.63) is 58.2 Å². The molecule has 140 valence electrons. The second-order valence-electron chi connectivity index (χ2n) is 5.86. The Morgan fingerprint density at radius 2 is 2.00 bits per heavy atom. The molecule has 0 bridgehead atoms. The van der Waals surface area contributed by atoms with Crippen LogP contribution in [0.2, 0.25) is 0 Å². The average molecular weight is 401 g/mol. The zero-order valence-electron chi connectivity index (χ0n) is 15.0. The number of hydrogen-bond acceptors (Lipinski definition) is 8. The maximum atomic E-state index is 12.2. The molecule has 0 radical (unpaired) electrons. The highest BCUT2D eigenvalue weighted by molar-refractivity contribution is 7.16. The van der Waals surface area contributed by atoms with Crippen molar-refractivity contribution < 1.29 is 4.79 Å². The molecular formula is C18H20N6OS2. The van der Waals surface area contributed by atoms with E-state index in [0.717, 1.165) is 26.8 Å². The fourth-order valence-corrected chi connectivity index (χ4v) is 4.13. The number of aromatic nitrogens is 2. The van der Waals surface area contributed by atoms with E-state index < -0.39 is 0 Å². The zero-order chi connectivity index (χ0) is 19.4. The molecule has 1 aromatic carbocycles. The minimum atomic E-state index is -0.271. The number of nitrogens with two attached hydrogens (primary N) is 2. The number of benzene rings is 1. The molecule has 2 heterocycles. The van der Waals surface area contributed by atoms with Crippen molar-refractivity contribution in [2.24, 2.45) is 11.6 Å². The average Bonchev–Trinajstić information content (AvgIpc) is 3.21. The Labute approximate surface area is 165 Å². The molecule has 0 saturated heterocycles. The summed E-state index contributed by atoms with van der Waals surface area (Å²) in [6.07, 6.45) is 1.53. The first-order chi connectivity index (χ1) is 12.9. The summed E-state index contributed by atoms with van der Waals surface area (Å²) in [6, 6.07) is 9.42. The van der Waals surface area contributed by atoms with Gasteiger partial charge in [-0.3, -0.25) is 4.79 Å². The molecule has 7 nitrogen and oxygen atoms in total. The van der Waals surface area contributed by atoms with Crippen LogP contribution in [0.4, 0.5) is 5.13 Å². The molecule has 0 aliphatic rings. The summed E-state index contributed by atoms with van der Waals surface area (Å²) in [5.41, 5.74) is 9.08. The summed E-state index contributed by atoms with van der Waals surface area (Å²) >= 11 is 2.95. The molecule has 9 heteroatoms. The first kappa shape index (κ1) is 19.0. The lowest BCUT2D eigenvalue weighted by Gasteiger charge is -2.14. The Morgan fingerprint density at radius 3 is 2.67 bits per heavy atom. The van der Waals surface area contributed by atoms with Crippen molar-refractivity contribution in [1.29, 1.82) is 0 Å². The number of anilines is 1. The van der Waals surface area contributed by atoms with Crippen molar-refractivity contribution in [1.82, 2.24) is 15.0 Å². The van der Waals surface area contributed by atoms with Gasteiger partial charge in [0.1, 0.15) is 6.54 Å². The second-order valence-corrected chi connectivity index (χ2v) is 7.92. The van der Waals surface area contributed by atoms with E-state index in [9.17, 15) is 4.79 Å². The molecule has 2 aromatic heterocycles. The fourth-order valence-electron chi connectivity index (χ4n) is 2.46. The third kappa shape index (κ3) is 4.91. The molecule has 27 heavy (non-hydrogen) atoms. The number of nitrogens with zero attached hydrogens (tertiary/aromatic N) is 3. The van der Waals surface area contributed by atoms with Crippen molar-refractivity contribution in [3.8, 4) is 10.6 Å². The fraction of sp³-hybridized carbons (Fsp3) is 0.167. The number of carbonyl (C=O) groups excluding carboxylic acids is 1. The summed E-state index contributed by atoms with van der Waals surface area (Å²) in [5, 5.41) is 7.43. The van der Waals surface area contributed by atoms with Crippen LogP contribution in [0.15, 0.2) is 41.9 Å². The van der Waals surface area contributed by atoms with E-state index in [2.05, 4.69) is 15.3 Å². The number of hydrogen-bond donors (Lipinski definition) is 3. The number of amides is 1. The van der Waals surface area contributed by atoms with Gasteiger partial charge >= 0.3 is 0 Å². The van der Waals surface area contributed by atoms with E-state index in [0.29, 0.717) is 10.8 Å². The summed E-state index contributed by atoms with van der Waals surface area (Å²) < 4.78 is 0. The third-order valence-corrected chi connectivity index (χ3v) is 5.48. The molecule has 0 saturated carbocycles. The van der Waals surface area contributed by atoms with Crippen LogP contribution in [0.5, 0.6) is 0 Å². The van der Waals surface area contributed by atoms with Gasteiger partial charge < -0.3 is 16.1 Å². The van der Waals surface area contributed by atoms with E-state index >= 15 is 0 Å². The van der Waals surface area contributed by atoms with Crippen LogP contribution in [0, 0.1) is 13.8 Å². The van der Waals surface area contributed by atoms with Crippen molar-refractivity contribution in [2.75, 3.05) is 11.9 Å². The predicted molar refractivity (Wildman–Crippen MR) is 111 cm³/mol. The first-order valence-corrected chi connectivity index (χ1v) is 9.86. The number of hydrazine groups is 1. The van der Waals surface area contributed by atoms with Gasteiger partial charge in [0.25, 0.3) is 0 Å². The van der Waals surface area contributed by atoms with E-state index in [1.165, 1.54) is 22.5 Å². The Balaban J connectivity index is 1.60. The largest absolute Gasteiger partial charge is 0.397 e. The van der Waals surface area contributed by atoms with Crippen LogP contribution in [0.1, 0.15) is 16.3 Å². The van der Waals surface area contributed by atoms with Gasteiger partial charge in [0.05, 0.1) is 27.0 Å². The minimum absolute atomic E-state index is 0.0405. The Hall–Kier alpha value is -2.75. The topological polar surface area (TPSA) is 110 Å². The van der Waals surface area contributed by atoms with Gasteiger partial charge in [-0.2, -0.15) is 0 Å². The Kier molecular flexibility index (Phi) is 5.84. The van der Waals surface area contributed by atoms with Crippen LogP contribution in [0.3, 0.4) is 0 Å². The number of nitrogens with one attached hydrogen (secondary N) is 1. The molecule has 3 rings (SSSR count). The van der Waals surface area contributed by atoms with Crippen molar-refractivity contribution >= 4 is 39.4 Å². The Morgan fingerprint density at radius 1 is 1.26 bits per heavy atom. The molecule has 0 aliphatic carbocycles. The predicted octanol–water partition coefficient (Wildman–Crippen LogP) is 2.95. The third-order valence-electron chi connectivity index (χ3n) is 3.62. The molecular weight excluding hydrogens is 380 g/mol. The quantitative estimate of drug-likeness (QED) is 0.433. The molecule has 0 aliphatic heterocycles. The van der Waals surface area contributed by atoms with E-state index in [1.54, 1.807) is 11.3 Å². The maximum Gasteiger partial charge on any atom is 0.247 e. The molecule has 5 N–H and O–H groups in total. The number of thiazole rings is 2. The van der Waals surface area contributed by atoms with Gasteiger partial charge in [-0.05, 0) is 19.4 Å². The monoisotopic (exact) mass is 400 g/mol. The number of carbonyl (C=O) groups is 1. The van der Waals surface area contributed by atoms with E-state index in [-0.39, 0.29) is 12.5 Å². The SMILES string of the molecule is Cc1nc(C)c(-c2csc(NC(=O)CN(N)/C=C(\N)c3ccccc3)n2)s1. The van der Waals surface area contributed by atoms with Crippen molar-refractivity contribution in [3.63, 3.8) is 0 Å². The summed E-state index contributed by atoms with van der Waals surface area (Å²) in [4.78, 5) is 22.1. The van der Waals surface area contributed by atoms with Gasteiger partial charge in [-0.25, -0.2) is 15.8 Å². The number of aryl methyl sites for hydroxylation is 2. The highest BCUT2D eigenvalue weighted by atomic mass is 32.1. The highest BCUT2D eigenvalue weighted by Crippen LogP contribution is 2.31. The maximum absolute atomic E-state index is 12.2. The van der Waals surface area contributed by atoms with Crippen LogP contribution < -0.4 is 16.9 Å². The zero-order valence-corrected chi connectivity index (χ0v) is 16.6. The van der Waals surface area contributed by atoms with Crippen LogP contribution in [-0.2, 0) is 4.79 Å². The lowest BCUT2D eigenvalue weighted by atomic mass is 10.2. The first-order valence-electron chi connectivity index (χ1n) is 8.16. The minimum Gasteiger partial charge on any atom is -0.397 e. The highest BCUT2D eigenvalue weighted by Gasteiger charge is 2.13. The Bertz CT molecular complexity index is 963. The molecule has 0 unspecified atom stereocenters. The summed E-state index contributed by atoms with van der Waals surface area (Å²) in [5.74, 6) is 5.61. The van der Waals surface area contributed by atoms with Crippen LogP contribution in [-0.4, -0.2) is 27.4 Å². The van der Waals surface area contributed by atoms with E-state index in [4.69, 9.17) is 11.6 Å². The molecule has 0 atom stereocenters. The lowest BCUT2D eigenvalue weighted by molar-refractivity contribution is -0.116. The molecule has 0 spiro atoms. The van der Waals surface area contributed by atoms with Crippen molar-refractivity contribution in [2.45, 2.75) is 13.8 Å². The summed E-state index contributed by atoms with van der Waals surface area (Å²) in [7, 11) is 0. The molecule has 1 amide bonds. The van der Waals surface area contributed by atoms with Crippen LogP contribution in [0.25, 0.3) is 16.3 Å². The second kappa shape index (κ2) is 8.30. The molecule has 3 aromatic rings. The van der Waals surface area contributed by atoms with E-state index in [1.807, 2.05) is 49.6 Å². The lowest BCUT2D eigenvalue weighted by Crippen LogP contribution is -2.35. The number of rotatable bonds is 6. The normalized spacial score (nSPS) is 11.4. The van der Waals surface area contributed by atoms with Gasteiger partial charge in [0, 0.05) is 11.6 Å². The molecule has 0 fully saturated rings. The van der Waals surface area contributed by atoms with Crippen LogP contribution >= 0.6 is 22.7 Å².